The Bertz CT molecular complexity index is 750. The van der Waals surface area contributed by atoms with Crippen LogP contribution in [0.4, 0.5) is 0 Å². The van der Waals surface area contributed by atoms with Crippen molar-refractivity contribution in [2.45, 2.75) is 32.2 Å². The molecule has 0 N–H and O–H groups in total. The minimum absolute atomic E-state index is 0.148. The first kappa shape index (κ1) is 18.3. The Morgan fingerprint density at radius 2 is 2.31 bits per heavy atom. The molecule has 8 heteroatoms. The summed E-state index contributed by atoms with van der Waals surface area (Å²) in [5.41, 5.74) is 0.921. The zero-order valence-corrected chi connectivity index (χ0v) is 15.4. The van der Waals surface area contributed by atoms with Crippen LogP contribution < -0.4 is 4.74 Å². The fourth-order valence-corrected chi connectivity index (χ4v) is 3.87. The third-order valence-corrected chi connectivity index (χ3v) is 5.07. The van der Waals surface area contributed by atoms with E-state index in [4.69, 9.17) is 9.47 Å². The van der Waals surface area contributed by atoms with Crippen LogP contribution >= 0.6 is 11.3 Å². The Kier molecular flexibility index (Phi) is 6.17. The third-order valence-electron chi connectivity index (χ3n) is 4.08. The molecular formula is C18H21N3O4S. The highest BCUT2D eigenvalue weighted by atomic mass is 32.1. The first-order valence-electron chi connectivity index (χ1n) is 8.64. The van der Waals surface area contributed by atoms with Crippen molar-refractivity contribution in [2.24, 2.45) is 0 Å². The molecule has 138 valence electrons. The number of aromatic nitrogens is 2. The second-order valence-corrected chi connectivity index (χ2v) is 6.73. The van der Waals surface area contributed by atoms with Crippen LogP contribution in [-0.4, -0.2) is 46.5 Å². The lowest BCUT2D eigenvalue weighted by Crippen LogP contribution is -2.37. The number of pyridine rings is 1. The molecule has 1 aliphatic heterocycles. The minimum Gasteiger partial charge on any atom is -0.492 e. The summed E-state index contributed by atoms with van der Waals surface area (Å²) in [6.07, 6.45) is 5.71. The summed E-state index contributed by atoms with van der Waals surface area (Å²) >= 11 is 1.51. The van der Waals surface area contributed by atoms with E-state index in [2.05, 4.69) is 9.97 Å². The van der Waals surface area contributed by atoms with Crippen molar-refractivity contribution >= 4 is 23.2 Å². The second kappa shape index (κ2) is 8.75. The van der Waals surface area contributed by atoms with Gasteiger partial charge in [-0.3, -0.25) is 9.78 Å². The predicted octanol–water partition coefficient (Wildman–Crippen LogP) is 2.39. The molecule has 3 rings (SSSR count). The number of hydrogen-bond donors (Lipinski definition) is 0. The topological polar surface area (TPSA) is 81.6 Å². The fraction of sp³-hybridized carbons (Fsp3) is 0.444. The second-order valence-electron chi connectivity index (χ2n) is 5.84. The molecule has 0 unspecified atom stereocenters. The van der Waals surface area contributed by atoms with Crippen molar-refractivity contribution in [3.63, 3.8) is 0 Å². The van der Waals surface area contributed by atoms with Gasteiger partial charge in [-0.25, -0.2) is 9.78 Å². The number of carbonyl (C=O) groups is 2. The van der Waals surface area contributed by atoms with E-state index in [9.17, 15) is 9.59 Å². The number of likely N-dealkylation sites (tertiary alicyclic amines) is 1. The molecule has 0 radical (unpaired) electrons. The highest BCUT2D eigenvalue weighted by Crippen LogP contribution is 2.34. The van der Waals surface area contributed by atoms with Crippen molar-refractivity contribution in [1.82, 2.24) is 14.9 Å². The van der Waals surface area contributed by atoms with Crippen molar-refractivity contribution in [3.05, 3.63) is 40.6 Å². The number of hydrogen-bond acceptors (Lipinski definition) is 7. The van der Waals surface area contributed by atoms with Gasteiger partial charge in [0.05, 0.1) is 31.1 Å². The van der Waals surface area contributed by atoms with E-state index in [1.807, 2.05) is 17.5 Å². The highest BCUT2D eigenvalue weighted by Gasteiger charge is 2.35. The highest BCUT2D eigenvalue weighted by molar-refractivity contribution is 7.09. The first-order chi connectivity index (χ1) is 12.7. The maximum absolute atomic E-state index is 12.3. The van der Waals surface area contributed by atoms with Gasteiger partial charge in [0.1, 0.15) is 10.8 Å². The van der Waals surface area contributed by atoms with Crippen LogP contribution in [-0.2, 0) is 20.7 Å². The van der Waals surface area contributed by atoms with E-state index in [0.29, 0.717) is 19.6 Å². The average molecular weight is 375 g/mol. The van der Waals surface area contributed by atoms with Gasteiger partial charge in [-0.2, -0.15) is 0 Å². The molecule has 1 aliphatic rings. The smallest absolute Gasteiger partial charge is 0.397 e. The van der Waals surface area contributed by atoms with Crippen LogP contribution in [0.25, 0.3) is 0 Å². The van der Waals surface area contributed by atoms with E-state index in [0.717, 1.165) is 29.3 Å². The van der Waals surface area contributed by atoms with E-state index in [-0.39, 0.29) is 12.6 Å². The van der Waals surface area contributed by atoms with E-state index in [1.54, 1.807) is 24.2 Å². The lowest BCUT2D eigenvalue weighted by Gasteiger charge is -2.21. The van der Waals surface area contributed by atoms with Crippen molar-refractivity contribution in [2.75, 3.05) is 19.8 Å². The van der Waals surface area contributed by atoms with Gasteiger partial charge in [0.15, 0.2) is 0 Å². The summed E-state index contributed by atoms with van der Waals surface area (Å²) < 4.78 is 10.5. The summed E-state index contributed by atoms with van der Waals surface area (Å²) in [5, 5.41) is 2.84. The summed E-state index contributed by atoms with van der Waals surface area (Å²) in [6.45, 7) is 2.95. The van der Waals surface area contributed by atoms with Crippen molar-refractivity contribution in [1.29, 1.82) is 0 Å². The molecule has 1 atom stereocenters. The van der Waals surface area contributed by atoms with Crippen LogP contribution in [0.5, 0.6) is 5.75 Å². The Labute approximate surface area is 156 Å². The van der Waals surface area contributed by atoms with E-state index >= 15 is 0 Å². The van der Waals surface area contributed by atoms with Gasteiger partial charge in [-0.1, -0.05) is 0 Å². The Hall–Kier alpha value is -2.48. The largest absolute Gasteiger partial charge is 0.492 e. The molecule has 1 fully saturated rings. The van der Waals surface area contributed by atoms with Crippen LogP contribution in [0, 0.1) is 0 Å². The number of rotatable bonds is 6. The normalized spacial score (nSPS) is 16.5. The average Bonchev–Trinajstić information content (AvgIpc) is 3.31. The molecular weight excluding hydrogens is 354 g/mol. The van der Waals surface area contributed by atoms with Crippen molar-refractivity contribution in [3.8, 4) is 5.75 Å². The van der Waals surface area contributed by atoms with Crippen LogP contribution in [0.3, 0.4) is 0 Å². The molecule has 0 saturated carbocycles. The molecule has 1 saturated heterocycles. The number of amides is 1. The van der Waals surface area contributed by atoms with Gasteiger partial charge >= 0.3 is 11.9 Å². The number of thiazole rings is 1. The zero-order chi connectivity index (χ0) is 18.4. The molecule has 2 aromatic rings. The van der Waals surface area contributed by atoms with Crippen LogP contribution in [0.1, 0.15) is 36.5 Å². The molecule has 1 amide bonds. The van der Waals surface area contributed by atoms with Gasteiger partial charge < -0.3 is 14.4 Å². The van der Waals surface area contributed by atoms with Gasteiger partial charge in [0.25, 0.3) is 0 Å². The van der Waals surface area contributed by atoms with Crippen LogP contribution in [0.15, 0.2) is 29.9 Å². The maximum Gasteiger partial charge on any atom is 0.397 e. The zero-order valence-electron chi connectivity index (χ0n) is 14.6. The summed E-state index contributed by atoms with van der Waals surface area (Å²) in [4.78, 5) is 34.2. The lowest BCUT2D eigenvalue weighted by atomic mass is 10.2. The van der Waals surface area contributed by atoms with E-state index in [1.165, 1.54) is 11.3 Å². The van der Waals surface area contributed by atoms with Gasteiger partial charge in [-0.15, -0.1) is 11.3 Å². The summed E-state index contributed by atoms with van der Waals surface area (Å²) in [6, 6.07) is 3.53. The minimum atomic E-state index is -0.791. The van der Waals surface area contributed by atoms with Crippen molar-refractivity contribution < 1.29 is 19.1 Å². The molecule has 26 heavy (non-hydrogen) atoms. The molecule has 3 heterocycles. The first-order valence-corrected chi connectivity index (χ1v) is 9.52. The van der Waals surface area contributed by atoms with Gasteiger partial charge in [-0.05, 0) is 31.9 Å². The monoisotopic (exact) mass is 375 g/mol. The number of esters is 1. The number of carbonyl (C=O) groups excluding carboxylic acids is 2. The number of ether oxygens (including phenoxy) is 2. The summed E-state index contributed by atoms with van der Waals surface area (Å²) in [5.74, 6) is -0.642. The fourth-order valence-electron chi connectivity index (χ4n) is 2.87. The number of nitrogens with zero attached hydrogens (tertiary/aromatic N) is 3. The Morgan fingerprint density at radius 3 is 3.08 bits per heavy atom. The van der Waals surface area contributed by atoms with E-state index < -0.39 is 11.9 Å². The molecule has 2 aromatic heterocycles. The van der Waals surface area contributed by atoms with Gasteiger partial charge in [0, 0.05) is 24.5 Å². The molecule has 0 spiro atoms. The molecule has 0 aliphatic carbocycles. The Balaban J connectivity index is 1.57. The maximum atomic E-state index is 12.3. The quantitative estimate of drug-likeness (QED) is 0.570. The lowest BCUT2D eigenvalue weighted by molar-refractivity contribution is -0.160. The third kappa shape index (κ3) is 4.37. The summed E-state index contributed by atoms with van der Waals surface area (Å²) in [7, 11) is 0. The molecule has 0 bridgehead atoms. The van der Waals surface area contributed by atoms with Gasteiger partial charge in [0.2, 0.25) is 0 Å². The molecule has 0 aromatic carbocycles. The standard InChI is InChI=1S/C18H21N3O4S/c1-2-24-18(23)17(22)21-9-4-6-15(21)16-20-13(12-26-16)7-10-25-14-5-3-8-19-11-14/h3,5,8,11-12,15H,2,4,6-7,9-10H2,1H3/t15-/m0/s1. The predicted molar refractivity (Wildman–Crippen MR) is 95.9 cm³/mol. The Morgan fingerprint density at radius 1 is 1.42 bits per heavy atom. The van der Waals surface area contributed by atoms with Crippen LogP contribution in [0.2, 0.25) is 0 Å². The SMILES string of the molecule is CCOC(=O)C(=O)N1CCC[C@H]1c1nc(CCOc2cccnc2)cs1. The molecule has 7 nitrogen and oxygen atoms in total.